The molecule has 0 unspecified atom stereocenters. The van der Waals surface area contributed by atoms with Crippen LogP contribution in [0.15, 0.2) is 29.8 Å². The first-order valence-electron chi connectivity index (χ1n) is 4.68. The van der Waals surface area contributed by atoms with E-state index in [1.165, 1.54) is 22.4 Å². The van der Waals surface area contributed by atoms with Crippen LogP contribution >= 0.6 is 12.2 Å². The Hall–Kier alpha value is -1.15. The molecule has 72 valence electrons. The molecule has 0 radical (unpaired) electrons. The van der Waals surface area contributed by atoms with Crippen molar-refractivity contribution in [3.8, 4) is 0 Å². The smallest absolute Gasteiger partial charge is 0.113 e. The van der Waals surface area contributed by atoms with Gasteiger partial charge in [0.1, 0.15) is 4.99 Å². The van der Waals surface area contributed by atoms with Gasteiger partial charge in [-0.25, -0.2) is 0 Å². The Morgan fingerprint density at radius 3 is 2.50 bits per heavy atom. The molecule has 1 aromatic rings. The SMILES string of the molecule is CC(C)=C1C(=S)N(C)c2ccccc21. The van der Waals surface area contributed by atoms with Crippen LogP contribution in [0.3, 0.4) is 0 Å². The van der Waals surface area contributed by atoms with Crippen LogP contribution in [0.4, 0.5) is 5.69 Å². The molecule has 0 aliphatic carbocycles. The van der Waals surface area contributed by atoms with E-state index >= 15 is 0 Å². The van der Waals surface area contributed by atoms with Crippen molar-refractivity contribution in [2.75, 3.05) is 11.9 Å². The quantitative estimate of drug-likeness (QED) is 0.470. The summed E-state index contributed by atoms with van der Waals surface area (Å²) < 4.78 is 0. The van der Waals surface area contributed by atoms with Crippen LogP contribution in [-0.2, 0) is 0 Å². The highest BCUT2D eigenvalue weighted by Gasteiger charge is 2.26. The maximum Gasteiger partial charge on any atom is 0.113 e. The lowest BCUT2D eigenvalue weighted by Crippen LogP contribution is -2.18. The van der Waals surface area contributed by atoms with Crippen LogP contribution in [0.1, 0.15) is 19.4 Å². The molecule has 0 N–H and O–H groups in total. The average molecular weight is 203 g/mol. The number of allylic oxidation sites excluding steroid dienone is 1. The summed E-state index contributed by atoms with van der Waals surface area (Å²) in [6.45, 7) is 4.22. The van der Waals surface area contributed by atoms with E-state index in [0.29, 0.717) is 0 Å². The Bertz CT molecular complexity index is 428. The van der Waals surface area contributed by atoms with Crippen molar-refractivity contribution in [3.05, 3.63) is 35.4 Å². The fourth-order valence-electron chi connectivity index (χ4n) is 1.85. The number of benzene rings is 1. The molecule has 0 bridgehead atoms. The minimum absolute atomic E-state index is 0.936. The summed E-state index contributed by atoms with van der Waals surface area (Å²) in [5.41, 5.74) is 4.98. The van der Waals surface area contributed by atoms with Crippen molar-refractivity contribution in [1.82, 2.24) is 0 Å². The molecular formula is C12H13NS. The van der Waals surface area contributed by atoms with Gasteiger partial charge in [0.15, 0.2) is 0 Å². The van der Waals surface area contributed by atoms with Crippen molar-refractivity contribution in [1.29, 1.82) is 0 Å². The number of hydrogen-bond acceptors (Lipinski definition) is 1. The lowest BCUT2D eigenvalue weighted by molar-refractivity contribution is 1.32. The van der Waals surface area contributed by atoms with Gasteiger partial charge in [0.25, 0.3) is 0 Å². The van der Waals surface area contributed by atoms with Crippen molar-refractivity contribution in [2.45, 2.75) is 13.8 Å². The summed E-state index contributed by atoms with van der Waals surface area (Å²) in [5, 5.41) is 0. The third-order valence-electron chi connectivity index (χ3n) is 2.55. The van der Waals surface area contributed by atoms with E-state index in [2.05, 4.69) is 36.9 Å². The number of nitrogens with zero attached hydrogens (tertiary/aromatic N) is 1. The second-order valence-electron chi connectivity index (χ2n) is 3.76. The number of fused-ring (bicyclic) bond motifs is 1. The molecule has 0 saturated carbocycles. The lowest BCUT2D eigenvalue weighted by atomic mass is 10.0. The Kier molecular flexibility index (Phi) is 2.16. The summed E-state index contributed by atoms with van der Waals surface area (Å²) in [7, 11) is 2.02. The van der Waals surface area contributed by atoms with Gasteiger partial charge in [-0.05, 0) is 19.9 Å². The van der Waals surface area contributed by atoms with Crippen LogP contribution in [0.5, 0.6) is 0 Å². The monoisotopic (exact) mass is 203 g/mol. The van der Waals surface area contributed by atoms with Gasteiger partial charge in [-0.15, -0.1) is 0 Å². The molecule has 0 fully saturated rings. The molecule has 0 amide bonds. The fourth-order valence-corrected chi connectivity index (χ4v) is 2.27. The van der Waals surface area contributed by atoms with E-state index in [4.69, 9.17) is 12.2 Å². The van der Waals surface area contributed by atoms with Crippen LogP contribution in [0.2, 0.25) is 0 Å². The standard InChI is InChI=1S/C12H13NS/c1-8(2)11-9-6-4-5-7-10(9)13(3)12(11)14/h4-7H,1-3H3. The summed E-state index contributed by atoms with van der Waals surface area (Å²) in [6, 6.07) is 8.35. The number of hydrogen-bond donors (Lipinski definition) is 0. The Labute approximate surface area is 90.0 Å². The largest absolute Gasteiger partial charge is 0.335 e. The first-order valence-corrected chi connectivity index (χ1v) is 5.08. The van der Waals surface area contributed by atoms with Gasteiger partial charge in [-0.3, -0.25) is 0 Å². The first-order chi connectivity index (χ1) is 6.63. The number of para-hydroxylation sites is 1. The van der Waals surface area contributed by atoms with Gasteiger partial charge < -0.3 is 4.90 Å². The molecule has 0 aromatic heterocycles. The number of likely N-dealkylation sites (N-methyl/N-ethyl adjacent to an activating group) is 1. The van der Waals surface area contributed by atoms with Crippen LogP contribution < -0.4 is 4.90 Å². The van der Waals surface area contributed by atoms with E-state index in [-0.39, 0.29) is 0 Å². The van der Waals surface area contributed by atoms with Gasteiger partial charge >= 0.3 is 0 Å². The minimum atomic E-state index is 0.936. The molecule has 1 heterocycles. The zero-order valence-electron chi connectivity index (χ0n) is 8.66. The molecular weight excluding hydrogens is 190 g/mol. The Morgan fingerprint density at radius 1 is 1.21 bits per heavy atom. The number of anilines is 1. The Balaban J connectivity index is 2.72. The highest BCUT2D eigenvalue weighted by atomic mass is 32.1. The Morgan fingerprint density at radius 2 is 1.86 bits per heavy atom. The molecule has 0 atom stereocenters. The first kappa shape index (κ1) is 9.41. The summed E-state index contributed by atoms with van der Waals surface area (Å²) in [5.74, 6) is 0. The number of rotatable bonds is 0. The third kappa shape index (κ3) is 1.18. The molecule has 1 aliphatic heterocycles. The number of thiocarbonyl (C=S) groups is 1. The van der Waals surface area contributed by atoms with Crippen LogP contribution in [-0.4, -0.2) is 12.0 Å². The molecule has 1 aliphatic rings. The predicted molar refractivity (Wildman–Crippen MR) is 65.7 cm³/mol. The maximum absolute atomic E-state index is 5.41. The summed E-state index contributed by atoms with van der Waals surface area (Å²) in [6.07, 6.45) is 0. The molecule has 2 heteroatoms. The van der Waals surface area contributed by atoms with Gasteiger partial charge in [0.05, 0.1) is 0 Å². The van der Waals surface area contributed by atoms with E-state index in [1.807, 2.05) is 13.1 Å². The lowest BCUT2D eigenvalue weighted by Gasteiger charge is -2.11. The molecule has 0 spiro atoms. The molecule has 1 aromatic carbocycles. The van der Waals surface area contributed by atoms with Gasteiger partial charge in [-0.1, -0.05) is 36.0 Å². The average Bonchev–Trinajstić information content (AvgIpc) is 2.41. The van der Waals surface area contributed by atoms with Gasteiger partial charge in [0, 0.05) is 23.9 Å². The summed E-state index contributed by atoms with van der Waals surface area (Å²) >= 11 is 5.41. The van der Waals surface area contributed by atoms with Gasteiger partial charge in [-0.2, -0.15) is 0 Å². The van der Waals surface area contributed by atoms with E-state index < -0.39 is 0 Å². The van der Waals surface area contributed by atoms with Gasteiger partial charge in [0.2, 0.25) is 0 Å². The van der Waals surface area contributed by atoms with Crippen molar-refractivity contribution >= 4 is 28.5 Å². The fraction of sp³-hybridized carbons (Fsp3) is 0.250. The normalized spacial score (nSPS) is 14.6. The maximum atomic E-state index is 5.41. The predicted octanol–water partition coefficient (Wildman–Crippen LogP) is 3.26. The second-order valence-corrected chi connectivity index (χ2v) is 4.14. The highest BCUT2D eigenvalue weighted by molar-refractivity contribution is 7.81. The van der Waals surface area contributed by atoms with Crippen LogP contribution in [0.25, 0.3) is 5.57 Å². The highest BCUT2D eigenvalue weighted by Crippen LogP contribution is 2.37. The van der Waals surface area contributed by atoms with Crippen molar-refractivity contribution in [3.63, 3.8) is 0 Å². The molecule has 2 rings (SSSR count). The zero-order valence-corrected chi connectivity index (χ0v) is 9.48. The van der Waals surface area contributed by atoms with E-state index in [9.17, 15) is 0 Å². The van der Waals surface area contributed by atoms with Crippen molar-refractivity contribution < 1.29 is 0 Å². The summed E-state index contributed by atoms with van der Waals surface area (Å²) in [4.78, 5) is 3.01. The van der Waals surface area contributed by atoms with E-state index in [0.717, 1.165) is 4.99 Å². The van der Waals surface area contributed by atoms with Crippen molar-refractivity contribution in [2.24, 2.45) is 0 Å². The van der Waals surface area contributed by atoms with E-state index in [1.54, 1.807) is 0 Å². The minimum Gasteiger partial charge on any atom is -0.335 e. The molecule has 0 saturated heterocycles. The second kappa shape index (κ2) is 3.21. The topological polar surface area (TPSA) is 3.24 Å². The zero-order chi connectivity index (χ0) is 10.3. The molecule has 14 heavy (non-hydrogen) atoms. The third-order valence-corrected chi connectivity index (χ3v) is 3.03. The van der Waals surface area contributed by atoms with Crippen LogP contribution in [0, 0.1) is 0 Å². The molecule has 1 nitrogen and oxygen atoms in total.